The van der Waals surface area contributed by atoms with Crippen LogP contribution < -0.4 is 9.64 Å². The van der Waals surface area contributed by atoms with Gasteiger partial charge in [-0.15, -0.1) is 0 Å². The van der Waals surface area contributed by atoms with Gasteiger partial charge in [-0.3, -0.25) is 4.79 Å². The lowest BCUT2D eigenvalue weighted by Gasteiger charge is -2.37. The Balaban J connectivity index is 1.42. The molecule has 11 heteroatoms. The van der Waals surface area contributed by atoms with E-state index < -0.39 is 28.2 Å². The minimum absolute atomic E-state index is 0.0508. The quantitative estimate of drug-likeness (QED) is 0.604. The second-order valence-electron chi connectivity index (χ2n) is 8.22. The molecule has 6 nitrogen and oxygen atoms in total. The summed E-state index contributed by atoms with van der Waals surface area (Å²) in [5.41, 5.74) is -0.0832. The van der Waals surface area contributed by atoms with E-state index in [0.29, 0.717) is 31.5 Å². The molecule has 0 saturated carbocycles. The number of hydrogen-bond acceptors (Lipinski definition) is 4. The maximum absolute atomic E-state index is 13.3. The maximum atomic E-state index is 13.3. The number of carbonyl (C=O) groups excluding carboxylic acids is 1. The Kier molecular flexibility index (Phi) is 6.36. The van der Waals surface area contributed by atoms with Gasteiger partial charge < -0.3 is 9.64 Å². The van der Waals surface area contributed by atoms with Crippen LogP contribution in [-0.4, -0.2) is 51.0 Å². The molecule has 0 unspecified atom stereocenters. The summed E-state index contributed by atoms with van der Waals surface area (Å²) in [6.45, 7) is -0.515. The highest BCUT2D eigenvalue weighted by molar-refractivity contribution is 7.89. The van der Waals surface area contributed by atoms with Gasteiger partial charge in [-0.25, -0.2) is 8.42 Å². The molecule has 0 radical (unpaired) electrons. The van der Waals surface area contributed by atoms with E-state index in [2.05, 4.69) is 0 Å². The second kappa shape index (κ2) is 8.81. The molecule has 1 spiro atoms. The summed E-state index contributed by atoms with van der Waals surface area (Å²) < 4.78 is 69.0. The molecule has 2 aliphatic heterocycles. The molecule has 2 aliphatic rings. The zero-order valence-electron chi connectivity index (χ0n) is 17.5. The van der Waals surface area contributed by atoms with E-state index in [-0.39, 0.29) is 34.7 Å². The van der Waals surface area contributed by atoms with Crippen molar-refractivity contribution in [2.75, 3.05) is 31.1 Å². The molecule has 2 fully saturated rings. The Morgan fingerprint density at radius 1 is 0.970 bits per heavy atom. The molecule has 0 aromatic heterocycles. The largest absolute Gasteiger partial charge is 0.484 e. The predicted molar refractivity (Wildman–Crippen MR) is 117 cm³/mol. The highest BCUT2D eigenvalue weighted by Gasteiger charge is 2.50. The zero-order chi connectivity index (χ0) is 23.9. The predicted octanol–water partition coefficient (Wildman–Crippen LogP) is 4.49. The van der Waals surface area contributed by atoms with Crippen LogP contribution in [0, 0.1) is 5.41 Å². The molecular weight excluding hydrogens is 481 g/mol. The Morgan fingerprint density at radius 2 is 1.58 bits per heavy atom. The monoisotopic (exact) mass is 502 g/mol. The summed E-state index contributed by atoms with van der Waals surface area (Å²) in [5, 5.41) is 0.156. The van der Waals surface area contributed by atoms with E-state index >= 15 is 0 Å². The van der Waals surface area contributed by atoms with E-state index in [0.717, 1.165) is 0 Å². The van der Waals surface area contributed by atoms with Crippen LogP contribution in [0.5, 0.6) is 5.75 Å². The van der Waals surface area contributed by atoms with Crippen molar-refractivity contribution in [1.82, 2.24) is 4.31 Å². The lowest BCUT2D eigenvalue weighted by atomic mass is 9.77. The number of amides is 1. The number of benzene rings is 2. The molecule has 2 saturated heterocycles. The number of carbonyl (C=O) groups is 1. The first kappa shape index (κ1) is 23.8. The summed E-state index contributed by atoms with van der Waals surface area (Å²) in [5.74, 6) is -0.0308. The number of sulfonamides is 1. The number of halogens is 4. The van der Waals surface area contributed by atoms with Crippen molar-refractivity contribution in [2.45, 2.75) is 30.3 Å². The molecule has 0 aliphatic carbocycles. The molecule has 2 aromatic carbocycles. The smallest absolute Gasteiger partial charge is 0.422 e. The first-order chi connectivity index (χ1) is 15.5. The maximum Gasteiger partial charge on any atom is 0.422 e. The number of piperidine rings is 1. The van der Waals surface area contributed by atoms with Gasteiger partial charge in [-0.2, -0.15) is 17.5 Å². The van der Waals surface area contributed by atoms with E-state index in [4.69, 9.17) is 16.3 Å². The van der Waals surface area contributed by atoms with Crippen molar-refractivity contribution >= 4 is 33.2 Å². The average molecular weight is 503 g/mol. The minimum atomic E-state index is -4.43. The van der Waals surface area contributed by atoms with Gasteiger partial charge in [-0.1, -0.05) is 23.7 Å². The van der Waals surface area contributed by atoms with Crippen LogP contribution >= 0.6 is 11.6 Å². The van der Waals surface area contributed by atoms with Gasteiger partial charge in [0.1, 0.15) is 10.6 Å². The molecule has 4 rings (SSSR count). The van der Waals surface area contributed by atoms with Crippen molar-refractivity contribution < 1.29 is 31.1 Å². The third kappa shape index (κ3) is 4.83. The molecule has 178 valence electrons. The molecule has 33 heavy (non-hydrogen) atoms. The van der Waals surface area contributed by atoms with Gasteiger partial charge in [0.15, 0.2) is 6.61 Å². The third-order valence-electron chi connectivity index (χ3n) is 6.20. The van der Waals surface area contributed by atoms with Gasteiger partial charge in [0, 0.05) is 25.3 Å². The fourth-order valence-electron chi connectivity index (χ4n) is 4.37. The van der Waals surface area contributed by atoms with Crippen molar-refractivity contribution in [2.24, 2.45) is 5.41 Å². The first-order valence-electron chi connectivity index (χ1n) is 10.4. The Hall–Kier alpha value is -2.30. The van der Waals surface area contributed by atoms with E-state index in [1.165, 1.54) is 28.6 Å². The van der Waals surface area contributed by atoms with Crippen LogP contribution in [-0.2, 0) is 14.8 Å². The topological polar surface area (TPSA) is 66.9 Å². The highest BCUT2D eigenvalue weighted by atomic mass is 35.5. The summed E-state index contributed by atoms with van der Waals surface area (Å²) in [6.07, 6.45) is -3.07. The molecule has 1 amide bonds. The van der Waals surface area contributed by atoms with Gasteiger partial charge in [-0.05, 0) is 55.7 Å². The fraction of sp³-hybridized carbons (Fsp3) is 0.409. The number of alkyl halides is 3. The molecule has 2 aromatic rings. The lowest BCUT2D eigenvalue weighted by molar-refractivity contribution is -0.153. The normalized spacial score (nSPS) is 19.3. The Labute approximate surface area is 194 Å². The Bertz CT molecular complexity index is 1130. The van der Waals surface area contributed by atoms with E-state index in [1.807, 2.05) is 0 Å². The second-order valence-corrected chi connectivity index (χ2v) is 10.5. The number of nitrogens with zero attached hydrogens (tertiary/aromatic N) is 2. The zero-order valence-corrected chi connectivity index (χ0v) is 19.1. The van der Waals surface area contributed by atoms with Gasteiger partial charge in [0.25, 0.3) is 0 Å². The van der Waals surface area contributed by atoms with Gasteiger partial charge in [0.05, 0.1) is 10.4 Å². The van der Waals surface area contributed by atoms with Crippen LogP contribution in [0.2, 0.25) is 5.02 Å². The Morgan fingerprint density at radius 3 is 2.18 bits per heavy atom. The van der Waals surface area contributed by atoms with Gasteiger partial charge in [0.2, 0.25) is 15.9 Å². The van der Waals surface area contributed by atoms with E-state index in [9.17, 15) is 26.4 Å². The summed E-state index contributed by atoms with van der Waals surface area (Å²) in [6, 6.07) is 12.2. The van der Waals surface area contributed by atoms with Gasteiger partial charge >= 0.3 is 6.18 Å². The summed E-state index contributed by atoms with van der Waals surface area (Å²) >= 11 is 6.08. The number of anilines is 1. The minimum Gasteiger partial charge on any atom is -0.484 e. The fourth-order valence-corrected chi connectivity index (χ4v) is 6.30. The van der Waals surface area contributed by atoms with Crippen LogP contribution in [0.3, 0.4) is 0 Å². The van der Waals surface area contributed by atoms with Crippen LogP contribution in [0.1, 0.15) is 19.3 Å². The van der Waals surface area contributed by atoms with Crippen molar-refractivity contribution in [3.63, 3.8) is 0 Å². The van der Waals surface area contributed by atoms with Crippen molar-refractivity contribution in [3.05, 3.63) is 53.6 Å². The molecule has 0 bridgehead atoms. The standard InChI is InChI=1S/C22H22ClF3N2O4S/c23-18-3-1-2-4-19(18)33(30,31)27-12-9-21(10-13-27)11-14-28(20(21)29)16-5-7-17(8-6-16)32-15-22(24,25)26/h1-8H,9-15H2. The van der Waals surface area contributed by atoms with Crippen molar-refractivity contribution in [3.8, 4) is 5.75 Å². The van der Waals surface area contributed by atoms with Crippen molar-refractivity contribution in [1.29, 1.82) is 0 Å². The number of rotatable bonds is 5. The van der Waals surface area contributed by atoms with Crippen LogP contribution in [0.4, 0.5) is 18.9 Å². The third-order valence-corrected chi connectivity index (χ3v) is 8.60. The number of ether oxygens (including phenoxy) is 1. The molecular formula is C22H22ClF3N2O4S. The average Bonchev–Trinajstić information content (AvgIpc) is 3.08. The molecule has 2 heterocycles. The molecule has 0 atom stereocenters. The first-order valence-corrected chi connectivity index (χ1v) is 12.2. The van der Waals surface area contributed by atoms with Crippen LogP contribution in [0.25, 0.3) is 0 Å². The molecule has 0 N–H and O–H groups in total. The van der Waals surface area contributed by atoms with E-state index in [1.54, 1.807) is 29.2 Å². The summed E-state index contributed by atoms with van der Waals surface area (Å²) in [7, 11) is -3.76. The number of hydrogen-bond donors (Lipinski definition) is 0. The SMILES string of the molecule is O=C1N(c2ccc(OCC(F)(F)F)cc2)CCC12CCN(S(=O)(=O)c1ccccc1Cl)CC2. The van der Waals surface area contributed by atoms with Crippen LogP contribution in [0.15, 0.2) is 53.4 Å². The summed E-state index contributed by atoms with van der Waals surface area (Å²) in [4.78, 5) is 14.9. The lowest BCUT2D eigenvalue weighted by Crippen LogP contribution is -2.46. The highest BCUT2D eigenvalue weighted by Crippen LogP contribution is 2.44.